The number of nitrogens with one attached hydrogen (secondary N) is 1. The monoisotopic (exact) mass is 293 g/mol. The summed E-state index contributed by atoms with van der Waals surface area (Å²) in [5.74, 6) is 0. The molecule has 0 aliphatic rings. The Morgan fingerprint density at radius 1 is 1.67 bits per heavy atom. The summed E-state index contributed by atoms with van der Waals surface area (Å²) in [5, 5.41) is 3.81. The van der Waals surface area contributed by atoms with E-state index in [0.29, 0.717) is 6.61 Å². The van der Waals surface area contributed by atoms with Gasteiger partial charge in [-0.05, 0) is 6.92 Å². The normalized spacial score (nSPS) is 11.7. The van der Waals surface area contributed by atoms with Crippen LogP contribution in [0.3, 0.4) is 0 Å². The van der Waals surface area contributed by atoms with Crippen LogP contribution in [0.2, 0.25) is 5.02 Å². The highest BCUT2D eigenvalue weighted by Gasteiger charge is 2.21. The van der Waals surface area contributed by atoms with Gasteiger partial charge in [0.2, 0.25) is 0 Å². The molecule has 0 radical (unpaired) electrons. The largest absolute Gasteiger partial charge is 0.376 e. The molecule has 0 aliphatic carbocycles. The quantitative estimate of drug-likeness (QED) is 0.600. The van der Waals surface area contributed by atoms with Crippen LogP contribution in [-0.4, -0.2) is 38.0 Å². The zero-order valence-corrected chi connectivity index (χ0v) is 11.9. The van der Waals surface area contributed by atoms with Gasteiger partial charge in [-0.15, -0.1) is 0 Å². The van der Waals surface area contributed by atoms with Crippen LogP contribution in [0.25, 0.3) is 0 Å². The van der Waals surface area contributed by atoms with Gasteiger partial charge in [0, 0.05) is 13.6 Å². The lowest BCUT2D eigenvalue weighted by Gasteiger charge is -2.08. The van der Waals surface area contributed by atoms with Gasteiger partial charge >= 0.3 is 0 Å². The van der Waals surface area contributed by atoms with E-state index in [1.807, 2.05) is 6.92 Å². The van der Waals surface area contributed by atoms with E-state index in [4.69, 9.17) is 16.3 Å². The van der Waals surface area contributed by atoms with Crippen LogP contribution in [0.5, 0.6) is 0 Å². The van der Waals surface area contributed by atoms with Gasteiger partial charge in [-0.3, -0.25) is 4.68 Å². The fourth-order valence-electron chi connectivity index (χ4n) is 1.26. The molecule has 0 aliphatic heterocycles. The molecule has 0 unspecified atom stereocenters. The lowest BCUT2D eigenvalue weighted by Crippen LogP contribution is -2.29. The third kappa shape index (κ3) is 4.09. The summed E-state index contributed by atoms with van der Waals surface area (Å²) in [6, 6.07) is 0. The predicted octanol–water partition coefficient (Wildman–Crippen LogP) is 0.945. The van der Waals surface area contributed by atoms with Crippen molar-refractivity contribution in [3.63, 3.8) is 0 Å². The van der Waals surface area contributed by atoms with Crippen molar-refractivity contribution in [2.24, 2.45) is 7.05 Å². The van der Waals surface area contributed by atoms with Crippen molar-refractivity contribution >= 4 is 21.6 Å². The first-order chi connectivity index (χ1) is 8.34. The van der Waals surface area contributed by atoms with E-state index in [1.54, 1.807) is 0 Å². The highest BCUT2D eigenvalue weighted by atomic mass is 35.5. The summed E-state index contributed by atoms with van der Waals surface area (Å²) in [4.78, 5) is 0. The van der Waals surface area contributed by atoms with Gasteiger partial charge in [0.05, 0.1) is 24.4 Å². The second-order valence-electron chi connectivity index (χ2n) is 3.83. The fraction of sp³-hybridized carbons (Fsp3) is 0.500. The molecule has 0 aromatic carbocycles. The van der Waals surface area contributed by atoms with Gasteiger partial charge in [0.15, 0.2) is 5.03 Å². The van der Waals surface area contributed by atoms with Crippen molar-refractivity contribution < 1.29 is 13.2 Å². The molecule has 1 aromatic rings. The van der Waals surface area contributed by atoms with Crippen LogP contribution in [0.15, 0.2) is 23.4 Å². The van der Waals surface area contributed by atoms with Gasteiger partial charge in [0.25, 0.3) is 10.0 Å². The first kappa shape index (κ1) is 15.2. The number of halogens is 1. The fourth-order valence-corrected chi connectivity index (χ4v) is 2.93. The molecule has 0 saturated heterocycles. The Hall–Kier alpha value is -0.890. The zero-order chi connectivity index (χ0) is 13.8. The molecular formula is C10H16ClN3O3S. The average molecular weight is 294 g/mol. The van der Waals surface area contributed by atoms with Crippen LogP contribution in [0, 0.1) is 0 Å². The SMILES string of the molecule is C=C(C)COCCNS(=O)(=O)c1c(Cl)cnn1C. The maximum Gasteiger partial charge on any atom is 0.259 e. The van der Waals surface area contributed by atoms with Crippen molar-refractivity contribution in [1.82, 2.24) is 14.5 Å². The van der Waals surface area contributed by atoms with Gasteiger partial charge in [-0.2, -0.15) is 5.10 Å². The molecule has 6 nitrogen and oxygen atoms in total. The van der Waals surface area contributed by atoms with Crippen molar-refractivity contribution in [1.29, 1.82) is 0 Å². The summed E-state index contributed by atoms with van der Waals surface area (Å²) < 4.78 is 32.6. The van der Waals surface area contributed by atoms with Gasteiger partial charge < -0.3 is 4.74 Å². The molecule has 0 saturated carbocycles. The number of ether oxygens (including phenoxy) is 1. The second-order valence-corrected chi connectivity index (χ2v) is 5.92. The molecule has 18 heavy (non-hydrogen) atoms. The maximum absolute atomic E-state index is 11.9. The molecular weight excluding hydrogens is 278 g/mol. The number of hydrogen-bond acceptors (Lipinski definition) is 4. The lowest BCUT2D eigenvalue weighted by atomic mass is 10.4. The van der Waals surface area contributed by atoms with E-state index in [-0.39, 0.29) is 23.2 Å². The van der Waals surface area contributed by atoms with Crippen molar-refractivity contribution in [2.75, 3.05) is 19.8 Å². The van der Waals surface area contributed by atoms with Gasteiger partial charge in [-0.25, -0.2) is 13.1 Å². The lowest BCUT2D eigenvalue weighted by molar-refractivity contribution is 0.162. The number of hydrogen-bond donors (Lipinski definition) is 1. The Bertz CT molecular complexity index is 505. The van der Waals surface area contributed by atoms with Crippen LogP contribution >= 0.6 is 11.6 Å². The standard InChI is InChI=1S/C10H16ClN3O3S/c1-8(2)7-17-5-4-13-18(15,16)10-9(11)6-12-14(10)3/h6,13H,1,4-5,7H2,2-3H3. The predicted molar refractivity (Wildman–Crippen MR) is 69.0 cm³/mol. The number of rotatable bonds is 7. The van der Waals surface area contributed by atoms with Crippen molar-refractivity contribution in [3.8, 4) is 0 Å². The number of nitrogens with zero attached hydrogens (tertiary/aromatic N) is 2. The first-order valence-electron chi connectivity index (χ1n) is 5.24. The van der Waals surface area contributed by atoms with E-state index in [9.17, 15) is 8.42 Å². The summed E-state index contributed by atoms with van der Waals surface area (Å²) in [7, 11) is -2.15. The molecule has 1 heterocycles. The maximum atomic E-state index is 11.9. The minimum atomic E-state index is -3.66. The highest BCUT2D eigenvalue weighted by Crippen LogP contribution is 2.19. The molecule has 1 rings (SSSR count). The third-order valence-electron chi connectivity index (χ3n) is 1.98. The van der Waals surface area contributed by atoms with Crippen molar-refractivity contribution in [3.05, 3.63) is 23.4 Å². The van der Waals surface area contributed by atoms with Gasteiger partial charge in [-0.1, -0.05) is 23.8 Å². The smallest absolute Gasteiger partial charge is 0.259 e. The number of sulfonamides is 1. The molecule has 8 heteroatoms. The zero-order valence-electron chi connectivity index (χ0n) is 10.3. The Morgan fingerprint density at radius 3 is 2.83 bits per heavy atom. The third-order valence-corrected chi connectivity index (χ3v) is 3.95. The van der Waals surface area contributed by atoms with E-state index in [0.717, 1.165) is 5.57 Å². The molecule has 1 aromatic heterocycles. The highest BCUT2D eigenvalue weighted by molar-refractivity contribution is 7.89. The molecule has 1 N–H and O–H groups in total. The second kappa shape index (κ2) is 6.33. The van der Waals surface area contributed by atoms with Crippen molar-refractivity contribution in [2.45, 2.75) is 11.9 Å². The van der Waals surface area contributed by atoms with Crippen LogP contribution < -0.4 is 4.72 Å². The molecule has 0 fully saturated rings. The molecule has 0 spiro atoms. The molecule has 0 amide bonds. The van der Waals surface area contributed by atoms with E-state index < -0.39 is 10.0 Å². The average Bonchev–Trinajstić information content (AvgIpc) is 2.57. The summed E-state index contributed by atoms with van der Waals surface area (Å²) >= 11 is 5.77. The van der Waals surface area contributed by atoms with Crippen LogP contribution in [0.4, 0.5) is 0 Å². The molecule has 102 valence electrons. The summed E-state index contributed by atoms with van der Waals surface area (Å²) in [6.45, 7) is 6.35. The van der Waals surface area contributed by atoms with E-state index in [1.165, 1.54) is 17.9 Å². The first-order valence-corrected chi connectivity index (χ1v) is 7.10. The summed E-state index contributed by atoms with van der Waals surface area (Å²) in [6.07, 6.45) is 1.29. The Morgan fingerprint density at radius 2 is 2.33 bits per heavy atom. The molecule has 0 atom stereocenters. The van der Waals surface area contributed by atoms with Crippen LogP contribution in [0.1, 0.15) is 6.92 Å². The number of aryl methyl sites for hydroxylation is 1. The van der Waals surface area contributed by atoms with Crippen LogP contribution in [-0.2, 0) is 21.8 Å². The Balaban J connectivity index is 2.54. The Labute approximate surface area is 112 Å². The minimum Gasteiger partial charge on any atom is -0.376 e. The topological polar surface area (TPSA) is 73.2 Å². The van der Waals surface area contributed by atoms with E-state index >= 15 is 0 Å². The molecule has 0 bridgehead atoms. The minimum absolute atomic E-state index is 0.0518. The summed E-state index contributed by atoms with van der Waals surface area (Å²) in [5.41, 5.74) is 0.882. The Kier molecular flexibility index (Phi) is 5.33. The van der Waals surface area contributed by atoms with Gasteiger partial charge in [0.1, 0.15) is 0 Å². The van der Waals surface area contributed by atoms with E-state index in [2.05, 4.69) is 16.4 Å². The number of aromatic nitrogens is 2.